The van der Waals surface area contributed by atoms with Crippen LogP contribution < -0.4 is 9.47 Å². The highest BCUT2D eigenvalue weighted by Crippen LogP contribution is 2.40. The molecule has 1 heterocycles. The molecule has 0 spiro atoms. The van der Waals surface area contributed by atoms with Crippen molar-refractivity contribution in [3.05, 3.63) is 131 Å². The second kappa shape index (κ2) is 15.7. The summed E-state index contributed by atoms with van der Waals surface area (Å²) in [7, 11) is 1.71. The largest absolute Gasteiger partial charge is 0.497 e. The predicted octanol–water partition coefficient (Wildman–Crippen LogP) is 8.99. The van der Waals surface area contributed by atoms with Crippen LogP contribution >= 0.6 is 0 Å². The van der Waals surface area contributed by atoms with E-state index in [9.17, 15) is 4.79 Å². The fraction of sp³-hybridized carbons (Fsp3) is 0.375. The highest BCUT2D eigenvalue weighted by atomic mass is 16.5. The van der Waals surface area contributed by atoms with Crippen LogP contribution in [0.2, 0.25) is 0 Å². The van der Waals surface area contributed by atoms with E-state index in [0.717, 1.165) is 54.9 Å². The van der Waals surface area contributed by atoms with Crippen molar-refractivity contribution in [2.45, 2.75) is 70.8 Å². The van der Waals surface area contributed by atoms with E-state index in [2.05, 4.69) is 85.5 Å². The quantitative estimate of drug-likeness (QED) is 0.109. The number of hydrogen-bond acceptors (Lipinski definition) is 4. The van der Waals surface area contributed by atoms with Crippen molar-refractivity contribution in [1.29, 1.82) is 0 Å². The topological polar surface area (TPSA) is 38.8 Å². The van der Waals surface area contributed by atoms with Crippen LogP contribution in [-0.2, 0) is 24.2 Å². The molecule has 0 saturated carbocycles. The number of nitrogens with zero attached hydrogens (tertiary/aromatic N) is 1. The molecule has 2 atom stereocenters. The van der Waals surface area contributed by atoms with E-state index in [-0.39, 0.29) is 11.9 Å². The number of hydrogen-bond donors (Lipinski definition) is 0. The Kier molecular flexibility index (Phi) is 11.3. The van der Waals surface area contributed by atoms with Gasteiger partial charge >= 0.3 is 5.97 Å². The molecule has 0 bridgehead atoms. The van der Waals surface area contributed by atoms with Crippen molar-refractivity contribution in [3.63, 3.8) is 0 Å². The third-order valence-corrected chi connectivity index (χ3v) is 9.21. The van der Waals surface area contributed by atoms with Gasteiger partial charge in [0.05, 0.1) is 13.0 Å². The maximum absolute atomic E-state index is 13.9. The molecular formula is C40H47NO3. The summed E-state index contributed by atoms with van der Waals surface area (Å²) in [5, 5.41) is 0. The van der Waals surface area contributed by atoms with Crippen LogP contribution in [0.4, 0.5) is 0 Å². The van der Waals surface area contributed by atoms with E-state index in [1.165, 1.54) is 24.0 Å². The number of esters is 1. The number of ether oxygens (including phenoxy) is 2. The highest BCUT2D eigenvalue weighted by molar-refractivity contribution is 5.76. The molecule has 4 nitrogen and oxygen atoms in total. The van der Waals surface area contributed by atoms with Crippen LogP contribution in [0.3, 0.4) is 0 Å². The van der Waals surface area contributed by atoms with E-state index in [0.29, 0.717) is 30.4 Å². The average molecular weight is 590 g/mol. The van der Waals surface area contributed by atoms with Crippen molar-refractivity contribution < 1.29 is 14.3 Å². The third-order valence-electron chi connectivity index (χ3n) is 9.21. The van der Waals surface area contributed by atoms with Crippen molar-refractivity contribution in [3.8, 4) is 11.5 Å². The average Bonchev–Trinajstić information content (AvgIpc) is 3.58. The first kappa shape index (κ1) is 31.5. The van der Waals surface area contributed by atoms with Crippen LogP contribution in [0.1, 0.15) is 79.2 Å². The second-order valence-corrected chi connectivity index (χ2v) is 12.2. The molecule has 4 aromatic rings. The van der Waals surface area contributed by atoms with E-state index in [4.69, 9.17) is 9.47 Å². The molecule has 0 N–H and O–H groups in total. The van der Waals surface area contributed by atoms with Gasteiger partial charge in [-0.15, -0.1) is 0 Å². The molecule has 0 amide bonds. The standard InChI is InChI=1S/C40H47NO3/c1-4-37(32-18-21-36(43-3)22-19-32)38(5-2)33-20-23-39(35(28-33)29-41-24-12-13-25-41)44-40(42)34(26-30-14-8-6-9-15-30)27-31-16-10-7-11-17-31/h6-11,14-23,28,34,37-38H,4-5,12-13,24-27,29H2,1-3H3/t37-,38-/m0/s1. The van der Waals surface area contributed by atoms with Gasteiger partial charge in [0.1, 0.15) is 11.5 Å². The first-order chi connectivity index (χ1) is 21.6. The Labute approximate surface area is 264 Å². The lowest BCUT2D eigenvalue weighted by Crippen LogP contribution is -2.26. The van der Waals surface area contributed by atoms with Gasteiger partial charge in [0.15, 0.2) is 0 Å². The molecule has 1 saturated heterocycles. The third kappa shape index (κ3) is 8.18. The maximum Gasteiger partial charge on any atom is 0.315 e. The molecule has 4 heteroatoms. The Morgan fingerprint density at radius 3 is 1.82 bits per heavy atom. The monoisotopic (exact) mass is 589 g/mol. The number of methoxy groups -OCH3 is 1. The van der Waals surface area contributed by atoms with Crippen LogP contribution in [0.15, 0.2) is 103 Å². The zero-order valence-electron chi connectivity index (χ0n) is 26.6. The fourth-order valence-electron chi connectivity index (χ4n) is 6.82. The van der Waals surface area contributed by atoms with Crippen LogP contribution in [0.25, 0.3) is 0 Å². The lowest BCUT2D eigenvalue weighted by molar-refractivity contribution is -0.139. The van der Waals surface area contributed by atoms with Crippen molar-refractivity contribution in [2.24, 2.45) is 5.92 Å². The van der Waals surface area contributed by atoms with Gasteiger partial charge in [-0.1, -0.05) is 98.8 Å². The van der Waals surface area contributed by atoms with Gasteiger partial charge in [-0.05, 0) is 104 Å². The summed E-state index contributed by atoms with van der Waals surface area (Å²) >= 11 is 0. The van der Waals surface area contributed by atoms with Crippen molar-refractivity contribution >= 4 is 5.97 Å². The summed E-state index contributed by atoms with van der Waals surface area (Å²) in [5.41, 5.74) is 6.05. The molecule has 230 valence electrons. The minimum atomic E-state index is -0.276. The van der Waals surface area contributed by atoms with E-state index >= 15 is 0 Å². The van der Waals surface area contributed by atoms with E-state index in [1.54, 1.807) is 7.11 Å². The van der Waals surface area contributed by atoms with Crippen molar-refractivity contribution in [1.82, 2.24) is 4.90 Å². The van der Waals surface area contributed by atoms with Crippen LogP contribution in [-0.4, -0.2) is 31.1 Å². The molecule has 0 radical (unpaired) electrons. The summed E-state index contributed by atoms with van der Waals surface area (Å²) < 4.78 is 11.8. The molecule has 4 aromatic carbocycles. The number of carbonyl (C=O) groups is 1. The molecule has 1 aliphatic rings. The van der Waals surface area contributed by atoms with Gasteiger partial charge in [-0.3, -0.25) is 9.69 Å². The summed E-state index contributed by atoms with van der Waals surface area (Å²) in [6, 6.07) is 35.7. The normalized spacial score (nSPS) is 14.8. The van der Waals surface area contributed by atoms with Crippen molar-refractivity contribution in [2.75, 3.05) is 20.2 Å². The lowest BCUT2D eigenvalue weighted by atomic mass is 9.78. The highest BCUT2D eigenvalue weighted by Gasteiger charge is 2.27. The summed E-state index contributed by atoms with van der Waals surface area (Å²) in [4.78, 5) is 16.4. The fourth-order valence-corrected chi connectivity index (χ4v) is 6.82. The summed E-state index contributed by atoms with van der Waals surface area (Å²) in [6.45, 7) is 7.53. The van der Waals surface area contributed by atoms with E-state index in [1.807, 2.05) is 36.4 Å². The molecule has 0 aromatic heterocycles. The zero-order chi connectivity index (χ0) is 30.7. The molecule has 1 fully saturated rings. The zero-order valence-corrected chi connectivity index (χ0v) is 26.6. The number of carbonyl (C=O) groups excluding carboxylic acids is 1. The van der Waals surface area contributed by atoms with Crippen LogP contribution in [0.5, 0.6) is 11.5 Å². The molecule has 44 heavy (non-hydrogen) atoms. The SMILES string of the molecule is CC[C@@H](c1ccc(OC)cc1)[C@@H](CC)c1ccc(OC(=O)C(Cc2ccccc2)Cc2ccccc2)c(CN2CCCC2)c1. The lowest BCUT2D eigenvalue weighted by Gasteiger charge is -2.28. The molecular weight excluding hydrogens is 542 g/mol. The van der Waals surface area contributed by atoms with Gasteiger partial charge in [0.25, 0.3) is 0 Å². The first-order valence-electron chi connectivity index (χ1n) is 16.4. The Morgan fingerprint density at radius 1 is 0.727 bits per heavy atom. The Morgan fingerprint density at radius 2 is 1.27 bits per heavy atom. The van der Waals surface area contributed by atoms with Gasteiger partial charge in [0.2, 0.25) is 0 Å². The molecule has 0 aliphatic carbocycles. The van der Waals surface area contributed by atoms with Gasteiger partial charge < -0.3 is 9.47 Å². The van der Waals surface area contributed by atoms with Gasteiger partial charge in [-0.2, -0.15) is 0 Å². The second-order valence-electron chi connectivity index (χ2n) is 12.2. The number of benzene rings is 4. The van der Waals surface area contributed by atoms with Crippen LogP contribution in [0, 0.1) is 5.92 Å². The minimum Gasteiger partial charge on any atom is -0.497 e. The minimum absolute atomic E-state index is 0.162. The maximum atomic E-state index is 13.9. The predicted molar refractivity (Wildman–Crippen MR) is 179 cm³/mol. The van der Waals surface area contributed by atoms with Gasteiger partial charge in [-0.25, -0.2) is 0 Å². The number of likely N-dealkylation sites (tertiary alicyclic amines) is 1. The summed E-state index contributed by atoms with van der Waals surface area (Å²) in [5.74, 6) is 1.89. The Hall–Kier alpha value is -3.89. The molecule has 1 aliphatic heterocycles. The number of rotatable bonds is 14. The first-order valence-corrected chi connectivity index (χ1v) is 16.4. The Bertz CT molecular complexity index is 1400. The molecule has 5 rings (SSSR count). The smallest absolute Gasteiger partial charge is 0.315 e. The van der Waals surface area contributed by atoms with Gasteiger partial charge in [0, 0.05) is 12.1 Å². The summed E-state index contributed by atoms with van der Waals surface area (Å²) in [6.07, 6.45) is 5.81. The molecule has 0 unspecified atom stereocenters. The van der Waals surface area contributed by atoms with E-state index < -0.39 is 0 Å². The Balaban J connectivity index is 1.43.